The molecule has 5 heteroatoms. The molecule has 1 aromatic heterocycles. The standard InChI is InChI=1S/C25H37N3O2/c1-4-12-26-14-6-16-29-20-8-10-22-23-11-9-21(30-17-7-15-27-13-5-2)19-25(23)28(3)24(22)18-20/h8-11,18-19,26-27H,4-7,12-17H2,1-3H3. The van der Waals surface area contributed by atoms with Crippen molar-refractivity contribution in [2.45, 2.75) is 39.5 Å². The van der Waals surface area contributed by atoms with Crippen molar-refractivity contribution in [2.24, 2.45) is 7.05 Å². The lowest BCUT2D eigenvalue weighted by Crippen LogP contribution is -2.18. The Bertz CT molecular complexity index is 846. The molecule has 0 radical (unpaired) electrons. The summed E-state index contributed by atoms with van der Waals surface area (Å²) in [6, 6.07) is 12.8. The molecule has 3 aromatic rings. The molecule has 0 aliphatic carbocycles. The summed E-state index contributed by atoms with van der Waals surface area (Å²) >= 11 is 0. The van der Waals surface area contributed by atoms with Crippen LogP contribution in [0.4, 0.5) is 0 Å². The fraction of sp³-hybridized carbons (Fsp3) is 0.520. The first-order valence-electron chi connectivity index (χ1n) is 11.4. The van der Waals surface area contributed by atoms with Gasteiger partial charge in [-0.3, -0.25) is 0 Å². The predicted molar refractivity (Wildman–Crippen MR) is 127 cm³/mol. The molecule has 30 heavy (non-hydrogen) atoms. The van der Waals surface area contributed by atoms with Crippen molar-refractivity contribution in [3.63, 3.8) is 0 Å². The third kappa shape index (κ3) is 5.89. The number of rotatable bonds is 14. The van der Waals surface area contributed by atoms with Gasteiger partial charge in [0.25, 0.3) is 0 Å². The van der Waals surface area contributed by atoms with Crippen LogP contribution in [0.1, 0.15) is 39.5 Å². The molecule has 3 rings (SSSR count). The largest absolute Gasteiger partial charge is 0.493 e. The highest BCUT2D eigenvalue weighted by Crippen LogP contribution is 2.32. The Morgan fingerprint density at radius 3 is 1.60 bits per heavy atom. The van der Waals surface area contributed by atoms with Gasteiger partial charge in [-0.2, -0.15) is 0 Å². The first-order valence-corrected chi connectivity index (χ1v) is 11.4. The first-order chi connectivity index (χ1) is 14.7. The molecule has 0 aliphatic heterocycles. The summed E-state index contributed by atoms with van der Waals surface area (Å²) in [5.74, 6) is 1.86. The van der Waals surface area contributed by atoms with Crippen molar-refractivity contribution in [1.82, 2.24) is 15.2 Å². The molecule has 0 aliphatic rings. The smallest absolute Gasteiger partial charge is 0.121 e. The average Bonchev–Trinajstić information content (AvgIpc) is 3.04. The second kappa shape index (κ2) is 11.8. The second-order valence-corrected chi connectivity index (χ2v) is 7.82. The average molecular weight is 412 g/mol. The summed E-state index contributed by atoms with van der Waals surface area (Å²) < 4.78 is 14.2. The van der Waals surface area contributed by atoms with Crippen molar-refractivity contribution in [3.05, 3.63) is 36.4 Å². The lowest BCUT2D eigenvalue weighted by atomic mass is 10.1. The SMILES string of the molecule is CCCNCCCOc1ccc2c3ccc(OCCCNCCC)cc3n(C)c2c1. The van der Waals surface area contributed by atoms with Crippen LogP contribution < -0.4 is 20.1 Å². The van der Waals surface area contributed by atoms with E-state index in [0.29, 0.717) is 0 Å². The Morgan fingerprint density at radius 1 is 0.700 bits per heavy atom. The number of hydrogen-bond donors (Lipinski definition) is 2. The van der Waals surface area contributed by atoms with Crippen molar-refractivity contribution < 1.29 is 9.47 Å². The number of nitrogens with zero attached hydrogens (tertiary/aromatic N) is 1. The molecule has 0 amide bonds. The fourth-order valence-electron chi connectivity index (χ4n) is 3.72. The zero-order valence-electron chi connectivity index (χ0n) is 18.8. The number of nitrogens with one attached hydrogen (secondary N) is 2. The van der Waals surface area contributed by atoms with Crippen LogP contribution in [0.15, 0.2) is 36.4 Å². The van der Waals surface area contributed by atoms with Gasteiger partial charge in [-0.15, -0.1) is 0 Å². The van der Waals surface area contributed by atoms with Crippen LogP contribution >= 0.6 is 0 Å². The Balaban J connectivity index is 1.63. The van der Waals surface area contributed by atoms with Gasteiger partial charge in [0.15, 0.2) is 0 Å². The second-order valence-electron chi connectivity index (χ2n) is 7.82. The van der Waals surface area contributed by atoms with Gasteiger partial charge >= 0.3 is 0 Å². The summed E-state index contributed by atoms with van der Waals surface area (Å²) in [6.07, 6.45) is 4.37. The molecule has 0 atom stereocenters. The summed E-state index contributed by atoms with van der Waals surface area (Å²) in [5.41, 5.74) is 2.38. The monoisotopic (exact) mass is 411 g/mol. The van der Waals surface area contributed by atoms with Crippen LogP contribution in [0.25, 0.3) is 21.8 Å². The number of ether oxygens (including phenoxy) is 2. The van der Waals surface area contributed by atoms with E-state index in [1.54, 1.807) is 0 Å². The van der Waals surface area contributed by atoms with Gasteiger partial charge in [0.2, 0.25) is 0 Å². The van der Waals surface area contributed by atoms with Gasteiger partial charge in [0, 0.05) is 30.0 Å². The van der Waals surface area contributed by atoms with E-state index in [1.807, 2.05) is 0 Å². The van der Waals surface area contributed by atoms with E-state index in [-0.39, 0.29) is 0 Å². The van der Waals surface area contributed by atoms with Crippen LogP contribution in [-0.2, 0) is 7.05 Å². The molecule has 0 fully saturated rings. The minimum Gasteiger partial charge on any atom is -0.493 e. The fourth-order valence-corrected chi connectivity index (χ4v) is 3.72. The number of aryl methyl sites for hydroxylation is 1. The molecule has 5 nitrogen and oxygen atoms in total. The Kier molecular flexibility index (Phi) is 8.84. The van der Waals surface area contributed by atoms with Gasteiger partial charge in [-0.1, -0.05) is 13.8 Å². The van der Waals surface area contributed by atoms with Gasteiger partial charge in [-0.05, 0) is 76.1 Å². The highest BCUT2D eigenvalue weighted by molar-refractivity contribution is 6.08. The van der Waals surface area contributed by atoms with E-state index >= 15 is 0 Å². The summed E-state index contributed by atoms with van der Waals surface area (Å²) in [4.78, 5) is 0. The molecule has 0 bridgehead atoms. The molecule has 2 aromatic carbocycles. The zero-order valence-corrected chi connectivity index (χ0v) is 18.8. The van der Waals surface area contributed by atoms with E-state index in [9.17, 15) is 0 Å². The quantitative estimate of drug-likeness (QED) is 0.372. The topological polar surface area (TPSA) is 47.4 Å². The summed E-state index contributed by atoms with van der Waals surface area (Å²) in [5, 5.41) is 9.32. The van der Waals surface area contributed by atoms with E-state index in [0.717, 1.165) is 63.7 Å². The third-order valence-corrected chi connectivity index (χ3v) is 5.34. The lowest BCUT2D eigenvalue weighted by molar-refractivity contribution is 0.308. The Morgan fingerprint density at radius 2 is 1.17 bits per heavy atom. The van der Waals surface area contributed by atoms with Crippen LogP contribution in [-0.4, -0.2) is 44.0 Å². The van der Waals surface area contributed by atoms with Crippen molar-refractivity contribution in [1.29, 1.82) is 0 Å². The number of aromatic nitrogens is 1. The van der Waals surface area contributed by atoms with Crippen LogP contribution in [0.2, 0.25) is 0 Å². The van der Waals surface area contributed by atoms with E-state index < -0.39 is 0 Å². The molecule has 1 heterocycles. The van der Waals surface area contributed by atoms with E-state index in [4.69, 9.17) is 9.47 Å². The number of hydrogen-bond acceptors (Lipinski definition) is 4. The Hall–Kier alpha value is -2.24. The molecule has 0 unspecified atom stereocenters. The molecule has 0 saturated carbocycles. The third-order valence-electron chi connectivity index (χ3n) is 5.34. The Labute approximate surface area is 180 Å². The number of benzene rings is 2. The van der Waals surface area contributed by atoms with Crippen LogP contribution in [0.3, 0.4) is 0 Å². The van der Waals surface area contributed by atoms with Crippen LogP contribution in [0.5, 0.6) is 11.5 Å². The molecular formula is C25H37N3O2. The molecule has 2 N–H and O–H groups in total. The summed E-state index contributed by atoms with van der Waals surface area (Å²) in [7, 11) is 2.11. The van der Waals surface area contributed by atoms with Crippen molar-refractivity contribution >= 4 is 21.8 Å². The maximum atomic E-state index is 5.98. The molecule has 164 valence electrons. The zero-order chi connectivity index (χ0) is 21.2. The molecular weight excluding hydrogens is 374 g/mol. The maximum absolute atomic E-state index is 5.98. The van der Waals surface area contributed by atoms with Gasteiger partial charge < -0.3 is 24.7 Å². The van der Waals surface area contributed by atoms with Gasteiger partial charge in [-0.25, -0.2) is 0 Å². The van der Waals surface area contributed by atoms with Crippen molar-refractivity contribution in [3.8, 4) is 11.5 Å². The molecule has 0 saturated heterocycles. The van der Waals surface area contributed by atoms with E-state index in [2.05, 4.69) is 72.5 Å². The first kappa shape index (κ1) is 22.4. The maximum Gasteiger partial charge on any atom is 0.121 e. The normalized spacial score (nSPS) is 11.4. The van der Waals surface area contributed by atoms with Gasteiger partial charge in [0.05, 0.1) is 24.2 Å². The highest BCUT2D eigenvalue weighted by Gasteiger charge is 2.10. The van der Waals surface area contributed by atoms with Gasteiger partial charge in [0.1, 0.15) is 11.5 Å². The number of fused-ring (bicyclic) bond motifs is 3. The van der Waals surface area contributed by atoms with E-state index in [1.165, 1.54) is 34.6 Å². The lowest BCUT2D eigenvalue weighted by Gasteiger charge is -2.08. The molecule has 0 spiro atoms. The summed E-state index contributed by atoms with van der Waals surface area (Å²) in [6.45, 7) is 9.98. The minimum atomic E-state index is 0.733. The van der Waals surface area contributed by atoms with Crippen molar-refractivity contribution in [2.75, 3.05) is 39.4 Å². The predicted octanol–water partition coefficient (Wildman–Crippen LogP) is 4.87. The van der Waals surface area contributed by atoms with Crippen LogP contribution in [0, 0.1) is 0 Å². The minimum absolute atomic E-state index is 0.733. The highest BCUT2D eigenvalue weighted by atomic mass is 16.5.